The van der Waals surface area contributed by atoms with Crippen molar-refractivity contribution in [1.29, 1.82) is 0 Å². The number of hydrogen-bond donors (Lipinski definition) is 1. The summed E-state index contributed by atoms with van der Waals surface area (Å²) in [5.41, 5.74) is 2.04. The monoisotopic (exact) mass is 307 g/mol. The third-order valence-corrected chi connectivity index (χ3v) is 4.29. The summed E-state index contributed by atoms with van der Waals surface area (Å²) >= 11 is 7.36. The van der Waals surface area contributed by atoms with E-state index in [1.54, 1.807) is 23.5 Å². The van der Waals surface area contributed by atoms with E-state index in [4.69, 9.17) is 11.6 Å². The molecule has 0 saturated carbocycles. The van der Waals surface area contributed by atoms with Gasteiger partial charge in [-0.25, -0.2) is 14.4 Å². The predicted molar refractivity (Wildman–Crippen MR) is 80.9 cm³/mol. The maximum Gasteiger partial charge on any atom is 0.141 e. The van der Waals surface area contributed by atoms with Gasteiger partial charge in [-0.15, -0.1) is 11.3 Å². The van der Waals surface area contributed by atoms with Crippen molar-refractivity contribution in [2.24, 2.45) is 0 Å². The molecule has 0 radical (unpaired) electrons. The summed E-state index contributed by atoms with van der Waals surface area (Å²) in [5.74, 6) is 0.378. The molecule has 20 heavy (non-hydrogen) atoms. The van der Waals surface area contributed by atoms with Gasteiger partial charge < -0.3 is 5.32 Å². The van der Waals surface area contributed by atoms with Gasteiger partial charge in [-0.2, -0.15) is 0 Å². The first-order valence-electron chi connectivity index (χ1n) is 6.02. The molecule has 0 aliphatic carbocycles. The fourth-order valence-electron chi connectivity index (χ4n) is 1.99. The van der Waals surface area contributed by atoms with E-state index in [9.17, 15) is 4.39 Å². The van der Waals surface area contributed by atoms with E-state index in [1.807, 2.05) is 6.92 Å². The molecule has 0 bridgehead atoms. The largest absolute Gasteiger partial charge is 0.365 e. The Hall–Kier alpha value is -1.72. The van der Waals surface area contributed by atoms with Crippen LogP contribution in [0.15, 0.2) is 29.9 Å². The van der Waals surface area contributed by atoms with Crippen molar-refractivity contribution in [3.8, 4) is 0 Å². The molecule has 0 spiro atoms. The van der Waals surface area contributed by atoms with Crippen LogP contribution in [0.25, 0.3) is 10.2 Å². The summed E-state index contributed by atoms with van der Waals surface area (Å²) in [6, 6.07) is 4.68. The van der Waals surface area contributed by atoms with Gasteiger partial charge in [0.1, 0.15) is 22.8 Å². The summed E-state index contributed by atoms with van der Waals surface area (Å²) in [6.45, 7) is 2.56. The highest BCUT2D eigenvalue weighted by Gasteiger charge is 2.08. The third-order valence-electron chi connectivity index (χ3n) is 3.00. The van der Waals surface area contributed by atoms with E-state index in [1.165, 1.54) is 12.4 Å². The van der Waals surface area contributed by atoms with Gasteiger partial charge in [0, 0.05) is 6.54 Å². The first kappa shape index (κ1) is 13.3. The molecule has 3 aromatic rings. The van der Waals surface area contributed by atoms with Gasteiger partial charge in [0.05, 0.1) is 10.4 Å². The molecule has 3 nitrogen and oxygen atoms in total. The lowest BCUT2D eigenvalue weighted by Crippen LogP contribution is -2.02. The molecule has 102 valence electrons. The average molecular weight is 308 g/mol. The molecule has 0 amide bonds. The fraction of sp³-hybridized carbons (Fsp3) is 0.143. The summed E-state index contributed by atoms with van der Waals surface area (Å²) in [4.78, 5) is 9.47. The summed E-state index contributed by atoms with van der Waals surface area (Å²) in [6.07, 6.45) is 1.54. The molecule has 0 atom stereocenters. The number of rotatable bonds is 3. The second-order valence-electron chi connectivity index (χ2n) is 4.42. The van der Waals surface area contributed by atoms with Crippen molar-refractivity contribution in [3.63, 3.8) is 0 Å². The Kier molecular flexibility index (Phi) is 3.54. The summed E-state index contributed by atoms with van der Waals surface area (Å²) in [7, 11) is 0. The molecule has 3 rings (SSSR count). The molecule has 0 fully saturated rings. The van der Waals surface area contributed by atoms with E-state index >= 15 is 0 Å². The smallest absolute Gasteiger partial charge is 0.141 e. The summed E-state index contributed by atoms with van der Waals surface area (Å²) < 4.78 is 13.1. The van der Waals surface area contributed by atoms with E-state index in [0.29, 0.717) is 6.54 Å². The highest BCUT2D eigenvalue weighted by atomic mass is 35.5. The van der Waals surface area contributed by atoms with Crippen molar-refractivity contribution in [1.82, 2.24) is 9.97 Å². The Morgan fingerprint density at radius 1 is 1.35 bits per heavy atom. The number of aromatic nitrogens is 2. The number of nitrogens with zero attached hydrogens (tertiary/aromatic N) is 2. The van der Waals surface area contributed by atoms with E-state index < -0.39 is 5.82 Å². The minimum atomic E-state index is -0.409. The third kappa shape index (κ3) is 2.46. The van der Waals surface area contributed by atoms with Gasteiger partial charge in [0.25, 0.3) is 0 Å². The number of anilines is 1. The molecule has 6 heteroatoms. The first-order valence-corrected chi connectivity index (χ1v) is 7.27. The zero-order chi connectivity index (χ0) is 14.1. The predicted octanol–water partition coefficient (Wildman–Crippen LogP) is 4.40. The van der Waals surface area contributed by atoms with Gasteiger partial charge in [-0.05, 0) is 35.6 Å². The topological polar surface area (TPSA) is 37.8 Å². The summed E-state index contributed by atoms with van der Waals surface area (Å²) in [5, 5.41) is 6.47. The molecule has 0 aliphatic heterocycles. The maximum atomic E-state index is 13.1. The molecule has 0 saturated heterocycles. The fourth-order valence-corrected chi connectivity index (χ4v) is 3.08. The van der Waals surface area contributed by atoms with Gasteiger partial charge in [-0.1, -0.05) is 17.7 Å². The van der Waals surface area contributed by atoms with Crippen LogP contribution < -0.4 is 5.32 Å². The van der Waals surface area contributed by atoms with E-state index in [-0.39, 0.29) is 5.02 Å². The molecule has 2 heterocycles. The molecule has 1 aromatic carbocycles. The van der Waals surface area contributed by atoms with Crippen LogP contribution in [0.3, 0.4) is 0 Å². The van der Waals surface area contributed by atoms with E-state index in [0.717, 1.165) is 27.2 Å². The Morgan fingerprint density at radius 3 is 3.00 bits per heavy atom. The lowest BCUT2D eigenvalue weighted by molar-refractivity contribution is 0.627. The Morgan fingerprint density at radius 2 is 2.20 bits per heavy atom. The number of nitrogens with one attached hydrogen (secondary N) is 1. The maximum absolute atomic E-state index is 13.1. The van der Waals surface area contributed by atoms with E-state index in [2.05, 4.69) is 20.7 Å². The van der Waals surface area contributed by atoms with Crippen molar-refractivity contribution < 1.29 is 4.39 Å². The number of thiophene rings is 1. The molecule has 2 aromatic heterocycles. The van der Waals surface area contributed by atoms with Crippen LogP contribution in [-0.4, -0.2) is 9.97 Å². The first-order chi connectivity index (χ1) is 9.65. The van der Waals surface area contributed by atoms with Gasteiger partial charge in [-0.3, -0.25) is 0 Å². The Labute approximate surface area is 124 Å². The Bertz CT molecular complexity index is 772. The number of halogens is 2. The van der Waals surface area contributed by atoms with Crippen molar-refractivity contribution >= 4 is 39.0 Å². The quantitative estimate of drug-likeness (QED) is 0.779. The van der Waals surface area contributed by atoms with Gasteiger partial charge in [0.15, 0.2) is 0 Å². The lowest BCUT2D eigenvalue weighted by atomic mass is 10.2. The average Bonchev–Trinajstić information content (AvgIpc) is 2.83. The highest BCUT2D eigenvalue weighted by Crippen LogP contribution is 2.28. The molecular formula is C14H11ClFN3S. The number of fused-ring (bicyclic) bond motifs is 1. The minimum absolute atomic E-state index is 0.129. The van der Waals surface area contributed by atoms with Crippen LogP contribution in [0.4, 0.5) is 10.2 Å². The molecule has 0 aliphatic rings. The minimum Gasteiger partial charge on any atom is -0.365 e. The lowest BCUT2D eigenvalue weighted by Gasteiger charge is -2.08. The van der Waals surface area contributed by atoms with Crippen LogP contribution in [0.1, 0.15) is 11.1 Å². The number of benzene rings is 1. The number of aryl methyl sites for hydroxylation is 1. The highest BCUT2D eigenvalue weighted by molar-refractivity contribution is 7.17. The van der Waals surface area contributed by atoms with Crippen LogP contribution in [0, 0.1) is 12.7 Å². The van der Waals surface area contributed by atoms with Crippen molar-refractivity contribution in [2.75, 3.05) is 5.32 Å². The van der Waals surface area contributed by atoms with Crippen LogP contribution in [0.2, 0.25) is 5.02 Å². The normalized spacial score (nSPS) is 10.9. The second-order valence-corrected chi connectivity index (χ2v) is 5.69. The Balaban J connectivity index is 1.86. The molecule has 1 N–H and O–H groups in total. The zero-order valence-electron chi connectivity index (χ0n) is 10.7. The van der Waals surface area contributed by atoms with Crippen LogP contribution in [-0.2, 0) is 6.54 Å². The van der Waals surface area contributed by atoms with Crippen molar-refractivity contribution in [3.05, 3.63) is 51.9 Å². The van der Waals surface area contributed by atoms with Crippen LogP contribution in [0.5, 0.6) is 0 Å². The van der Waals surface area contributed by atoms with Gasteiger partial charge >= 0.3 is 0 Å². The SMILES string of the molecule is Cc1csc2ncnc(NCc3ccc(F)c(Cl)c3)c12. The second kappa shape index (κ2) is 5.34. The van der Waals surface area contributed by atoms with Crippen LogP contribution >= 0.6 is 22.9 Å². The molecular weight excluding hydrogens is 297 g/mol. The molecule has 0 unspecified atom stereocenters. The standard InChI is InChI=1S/C14H11ClFN3S/c1-8-6-20-14-12(8)13(18-7-19-14)17-5-9-2-3-11(16)10(15)4-9/h2-4,6-7H,5H2,1H3,(H,17,18,19). The zero-order valence-corrected chi connectivity index (χ0v) is 12.2. The van der Waals surface area contributed by atoms with Crippen molar-refractivity contribution in [2.45, 2.75) is 13.5 Å². The number of hydrogen-bond acceptors (Lipinski definition) is 4. The van der Waals surface area contributed by atoms with Gasteiger partial charge in [0.2, 0.25) is 0 Å².